The van der Waals surface area contributed by atoms with Gasteiger partial charge in [0, 0.05) is 71.2 Å². The molecular weight excluding hydrogens is 707 g/mol. The minimum absolute atomic E-state index is 0.143. The van der Waals surface area contributed by atoms with Crippen molar-refractivity contribution in [1.29, 1.82) is 0 Å². The lowest BCUT2D eigenvalue weighted by Crippen LogP contribution is -2.53. The van der Waals surface area contributed by atoms with E-state index in [9.17, 15) is 19.2 Å². The summed E-state index contributed by atoms with van der Waals surface area (Å²) in [5, 5.41) is 3.91. The summed E-state index contributed by atoms with van der Waals surface area (Å²) in [6, 6.07) is 7.75. The molecule has 2 aromatic rings. The lowest BCUT2D eigenvalue weighted by atomic mass is 9.93. The number of aromatic nitrogens is 2. The van der Waals surface area contributed by atoms with Crippen LogP contribution in [0.3, 0.4) is 0 Å². The average Bonchev–Trinajstić information content (AvgIpc) is 3.57. The number of benzene rings is 1. The van der Waals surface area contributed by atoms with Gasteiger partial charge in [-0.25, -0.2) is 4.79 Å². The van der Waals surface area contributed by atoms with E-state index < -0.39 is 44.0 Å². The summed E-state index contributed by atoms with van der Waals surface area (Å²) in [6.45, 7) is 10.7. The Labute approximate surface area is 322 Å². The maximum absolute atomic E-state index is 13.9. The number of nitrogens with zero attached hydrogens (tertiary/aromatic N) is 2. The molecule has 12 nitrogen and oxygen atoms in total. The van der Waals surface area contributed by atoms with Crippen molar-refractivity contribution >= 4 is 19.4 Å². The summed E-state index contributed by atoms with van der Waals surface area (Å²) in [5.74, 6) is -1.53. The fourth-order valence-corrected chi connectivity index (χ4v) is 12.1. The van der Waals surface area contributed by atoms with Crippen molar-refractivity contribution in [3.8, 4) is 0 Å². The Bertz CT molecular complexity index is 1640. The summed E-state index contributed by atoms with van der Waals surface area (Å²) in [6.07, 6.45) is 10.6. The molecule has 0 spiro atoms. The Hall–Kier alpha value is -2.65. The van der Waals surface area contributed by atoms with Crippen LogP contribution in [0.1, 0.15) is 122 Å². The van der Waals surface area contributed by atoms with Gasteiger partial charge in [0.25, 0.3) is 5.56 Å². The van der Waals surface area contributed by atoms with E-state index in [4.69, 9.17) is 23.7 Å². The Morgan fingerprint density at radius 3 is 2.11 bits per heavy atom. The highest BCUT2D eigenvalue weighted by Crippen LogP contribution is 2.40. The van der Waals surface area contributed by atoms with Gasteiger partial charge in [-0.2, -0.15) is 0 Å². The SMILES string of the molecule is COC1(OC[C@H]2OC(n3cc(C)c(=O)n(CCCNC(=O)Cc4ccc([Si](O)(C(C)C)C(C)C)cc4)c3=O)C[C@@H]2OC2(OC)CCCCC2)CCCCC1. The maximum atomic E-state index is 13.9. The van der Waals surface area contributed by atoms with E-state index in [-0.39, 0.29) is 42.1 Å². The largest absolute Gasteiger partial charge is 0.427 e. The van der Waals surface area contributed by atoms with Gasteiger partial charge >= 0.3 is 5.69 Å². The monoisotopic (exact) mass is 771 g/mol. The zero-order chi connectivity index (χ0) is 39.1. The van der Waals surface area contributed by atoms with Gasteiger partial charge < -0.3 is 33.8 Å². The van der Waals surface area contributed by atoms with Crippen molar-refractivity contribution in [3.63, 3.8) is 0 Å². The van der Waals surface area contributed by atoms with E-state index in [1.165, 1.54) is 9.13 Å². The fourth-order valence-electron chi connectivity index (χ4n) is 8.71. The molecule has 5 rings (SSSR count). The highest BCUT2D eigenvalue weighted by atomic mass is 28.4. The van der Waals surface area contributed by atoms with Crippen LogP contribution in [-0.4, -0.2) is 79.3 Å². The first-order valence-corrected chi connectivity index (χ1v) is 22.3. The quantitative estimate of drug-likeness (QED) is 0.124. The molecule has 3 fully saturated rings. The Morgan fingerprint density at radius 2 is 1.54 bits per heavy atom. The second-order valence-electron chi connectivity index (χ2n) is 16.4. The van der Waals surface area contributed by atoms with E-state index in [2.05, 4.69) is 33.0 Å². The third-order valence-corrected chi connectivity index (χ3v) is 16.9. The third-order valence-electron chi connectivity index (χ3n) is 12.1. The molecular formula is C41H65N3O9Si. The van der Waals surface area contributed by atoms with E-state index in [1.54, 1.807) is 27.3 Å². The molecule has 302 valence electrons. The zero-order valence-corrected chi connectivity index (χ0v) is 34.7. The van der Waals surface area contributed by atoms with Crippen molar-refractivity contribution in [1.82, 2.24) is 14.5 Å². The number of aryl methyl sites for hydroxylation is 1. The van der Waals surface area contributed by atoms with Crippen LogP contribution in [0.5, 0.6) is 0 Å². The number of carbonyl (C=O) groups is 1. The fraction of sp³-hybridized carbons (Fsp3) is 0.732. The predicted octanol–water partition coefficient (Wildman–Crippen LogP) is 5.34. The number of hydrogen-bond acceptors (Lipinski definition) is 9. The molecule has 1 amide bonds. The number of methoxy groups -OCH3 is 2. The molecule has 1 unspecified atom stereocenters. The summed E-state index contributed by atoms with van der Waals surface area (Å²) in [5.41, 5.74) is 0.808. The van der Waals surface area contributed by atoms with E-state index in [0.717, 1.165) is 75.0 Å². The predicted molar refractivity (Wildman–Crippen MR) is 210 cm³/mol. The molecule has 13 heteroatoms. The summed E-state index contributed by atoms with van der Waals surface area (Å²) in [4.78, 5) is 51.5. The molecule has 2 saturated carbocycles. The molecule has 1 aliphatic heterocycles. The minimum atomic E-state index is -2.65. The van der Waals surface area contributed by atoms with Crippen LogP contribution in [0.2, 0.25) is 11.1 Å². The lowest BCUT2D eigenvalue weighted by molar-refractivity contribution is -0.282. The van der Waals surface area contributed by atoms with Gasteiger partial charge in [-0.15, -0.1) is 0 Å². The Morgan fingerprint density at radius 1 is 0.944 bits per heavy atom. The van der Waals surface area contributed by atoms with E-state index >= 15 is 0 Å². The summed E-state index contributed by atoms with van der Waals surface area (Å²) < 4.78 is 34.4. The van der Waals surface area contributed by atoms with Crippen LogP contribution in [0.15, 0.2) is 40.1 Å². The van der Waals surface area contributed by atoms with Gasteiger partial charge in [0.2, 0.25) is 14.2 Å². The zero-order valence-electron chi connectivity index (χ0n) is 33.7. The van der Waals surface area contributed by atoms with Crippen molar-refractivity contribution in [2.75, 3.05) is 27.4 Å². The Kier molecular flexibility index (Phi) is 14.6. The number of ether oxygens (including phenoxy) is 5. The molecule has 2 heterocycles. The molecule has 54 heavy (non-hydrogen) atoms. The number of amides is 1. The van der Waals surface area contributed by atoms with Crippen LogP contribution in [-0.2, 0) is 41.4 Å². The van der Waals surface area contributed by atoms with Gasteiger partial charge in [-0.1, -0.05) is 64.8 Å². The molecule has 2 N–H and O–H groups in total. The number of hydrogen-bond donors (Lipinski definition) is 2. The third kappa shape index (κ3) is 9.65. The van der Waals surface area contributed by atoms with Gasteiger partial charge in [-0.3, -0.25) is 18.7 Å². The normalized spacial score (nSPS) is 22.9. The van der Waals surface area contributed by atoms with E-state index in [1.807, 2.05) is 24.3 Å². The standard InChI is InChI=1S/C41H65N3O9Si/c1-29(2)54(48,30(3)4)33-17-15-32(16-18-33)25-36(45)42-23-14-24-43-38(46)31(5)27-44(39(43)47)37-26-34(53-41(50-7)21-12-9-13-22-41)35(52-37)28-51-40(49-6)19-10-8-11-20-40/h15-18,27,29-30,34-35,37,48H,8-14,19-26,28H2,1-7H3,(H,42,45)/t34-,35+,37?/m0/s1. The van der Waals surface area contributed by atoms with Crippen LogP contribution in [0, 0.1) is 6.92 Å². The summed E-state index contributed by atoms with van der Waals surface area (Å²) >= 11 is 0. The number of carbonyl (C=O) groups excluding carboxylic acids is 1. The van der Waals surface area contributed by atoms with Crippen molar-refractivity contribution in [2.45, 2.75) is 166 Å². The second kappa shape index (κ2) is 18.5. The lowest BCUT2D eigenvalue weighted by Gasteiger charge is -2.40. The van der Waals surface area contributed by atoms with Crippen LogP contribution in [0.4, 0.5) is 0 Å². The van der Waals surface area contributed by atoms with Crippen molar-refractivity contribution in [3.05, 3.63) is 62.4 Å². The van der Waals surface area contributed by atoms with Crippen LogP contribution < -0.4 is 21.8 Å². The van der Waals surface area contributed by atoms with Crippen LogP contribution >= 0.6 is 0 Å². The first kappa shape index (κ1) is 42.5. The molecule has 1 aromatic heterocycles. The van der Waals surface area contributed by atoms with Gasteiger partial charge in [0.05, 0.1) is 19.1 Å². The second-order valence-corrected chi connectivity index (χ2v) is 20.9. The maximum Gasteiger partial charge on any atom is 0.333 e. The highest BCUT2D eigenvalue weighted by molar-refractivity contribution is 6.87. The van der Waals surface area contributed by atoms with Crippen molar-refractivity contribution in [2.24, 2.45) is 0 Å². The average molecular weight is 772 g/mol. The summed E-state index contributed by atoms with van der Waals surface area (Å²) in [7, 11) is 0.737. The molecule has 3 atom stereocenters. The van der Waals surface area contributed by atoms with Gasteiger partial charge in [0.15, 0.2) is 11.6 Å². The minimum Gasteiger partial charge on any atom is -0.427 e. The molecule has 0 radical (unpaired) electrons. The van der Waals surface area contributed by atoms with Gasteiger partial charge in [0.1, 0.15) is 12.3 Å². The molecule has 1 aromatic carbocycles. The first-order chi connectivity index (χ1) is 25.8. The first-order valence-electron chi connectivity index (χ1n) is 20.2. The van der Waals surface area contributed by atoms with Crippen molar-refractivity contribution < 1.29 is 33.3 Å². The van der Waals surface area contributed by atoms with Gasteiger partial charge in [-0.05, 0) is 60.9 Å². The number of rotatable bonds is 17. The molecule has 0 bridgehead atoms. The highest BCUT2D eigenvalue weighted by Gasteiger charge is 2.46. The number of nitrogens with one attached hydrogen (secondary N) is 1. The Balaban J connectivity index is 1.24. The van der Waals surface area contributed by atoms with E-state index in [0.29, 0.717) is 24.9 Å². The smallest absolute Gasteiger partial charge is 0.333 e. The molecule has 1 saturated heterocycles. The van der Waals surface area contributed by atoms with Crippen LogP contribution in [0.25, 0.3) is 0 Å². The molecule has 3 aliphatic rings. The molecule has 2 aliphatic carbocycles. The topological polar surface area (TPSA) is 139 Å².